The zero-order valence-corrected chi connectivity index (χ0v) is 16.2. The Morgan fingerprint density at radius 1 is 1.00 bits per heavy atom. The SMILES string of the molecule is COC(=O)C1=C(C(=O)OC)[C@H]2C(=Cc3ccc(F)cc3)[C@H]1[C@@]13O[C@@]21[C@H]1CC[C@H]3C1. The number of fused-ring (bicyclic) bond motifs is 4. The standard InChI is InChI=1S/C23H21FO5/c1-27-20(25)16-17(21(26)28-2)19-15(9-11-3-7-14(24)8-4-11)18(16)22-12-5-6-13(10-12)23(19,22)29-22/h3-4,7-9,12-13,18-19H,5-6,10H2,1-2H3/t12-,13-,18+,19+,22-,23+/m0/s1. The first-order valence-corrected chi connectivity index (χ1v) is 10.1. The Hall–Kier alpha value is -2.47. The van der Waals surface area contributed by atoms with Crippen LogP contribution in [0.25, 0.3) is 6.08 Å². The van der Waals surface area contributed by atoms with Gasteiger partial charge in [-0.15, -0.1) is 0 Å². The number of hydrogen-bond donors (Lipinski definition) is 0. The molecule has 29 heavy (non-hydrogen) atoms. The number of carbonyl (C=O) groups excluding carboxylic acids is 2. The maximum Gasteiger partial charge on any atom is 0.335 e. The third-order valence-electron chi connectivity index (χ3n) is 7.96. The second kappa shape index (κ2) is 5.36. The van der Waals surface area contributed by atoms with E-state index in [4.69, 9.17) is 14.2 Å². The van der Waals surface area contributed by atoms with Gasteiger partial charge in [0.05, 0.1) is 25.4 Å². The highest BCUT2D eigenvalue weighted by molar-refractivity contribution is 6.06. The number of hydrogen-bond acceptors (Lipinski definition) is 5. The smallest absolute Gasteiger partial charge is 0.335 e. The first kappa shape index (κ1) is 17.4. The molecule has 4 aliphatic carbocycles. The zero-order valence-electron chi connectivity index (χ0n) is 16.2. The normalized spacial score (nSPS) is 41.6. The van der Waals surface area contributed by atoms with E-state index >= 15 is 0 Å². The number of rotatable bonds is 3. The second-order valence-corrected chi connectivity index (χ2v) is 8.77. The monoisotopic (exact) mass is 396 g/mol. The van der Waals surface area contributed by atoms with Gasteiger partial charge in [-0.3, -0.25) is 0 Å². The van der Waals surface area contributed by atoms with Crippen molar-refractivity contribution >= 4 is 18.0 Å². The van der Waals surface area contributed by atoms with Crippen molar-refractivity contribution in [1.82, 2.24) is 0 Å². The Bertz CT molecular complexity index is 970. The van der Waals surface area contributed by atoms with Gasteiger partial charge in [0.1, 0.15) is 17.0 Å². The Labute approximate surface area is 167 Å². The molecule has 3 saturated carbocycles. The van der Waals surface area contributed by atoms with Crippen LogP contribution in [-0.4, -0.2) is 37.4 Å². The third-order valence-corrected chi connectivity index (χ3v) is 7.96. The molecule has 6 heteroatoms. The van der Waals surface area contributed by atoms with E-state index < -0.39 is 23.1 Å². The van der Waals surface area contributed by atoms with Gasteiger partial charge in [-0.25, -0.2) is 14.0 Å². The van der Waals surface area contributed by atoms with Crippen molar-refractivity contribution in [2.75, 3.05) is 14.2 Å². The number of ether oxygens (including phenoxy) is 3. The van der Waals surface area contributed by atoms with Crippen LogP contribution in [-0.2, 0) is 23.8 Å². The minimum absolute atomic E-state index is 0.302. The molecule has 1 heterocycles. The summed E-state index contributed by atoms with van der Waals surface area (Å²) in [4.78, 5) is 25.6. The summed E-state index contributed by atoms with van der Waals surface area (Å²) < 4.78 is 30.1. The molecular formula is C23H21FO5. The fraction of sp³-hybridized carbons (Fsp3) is 0.478. The van der Waals surface area contributed by atoms with Crippen LogP contribution in [0, 0.1) is 29.5 Å². The summed E-state index contributed by atoms with van der Waals surface area (Å²) in [5.74, 6) is -1.14. The summed E-state index contributed by atoms with van der Waals surface area (Å²) >= 11 is 0. The molecule has 0 amide bonds. The van der Waals surface area contributed by atoms with Gasteiger partial charge in [0.15, 0.2) is 0 Å². The number of methoxy groups -OCH3 is 2. The molecule has 150 valence electrons. The Morgan fingerprint density at radius 2 is 1.52 bits per heavy atom. The molecule has 6 rings (SSSR count). The van der Waals surface area contributed by atoms with E-state index in [1.165, 1.54) is 26.4 Å². The molecule has 5 aliphatic rings. The van der Waals surface area contributed by atoms with Gasteiger partial charge in [0.25, 0.3) is 0 Å². The molecule has 0 spiro atoms. The lowest BCUT2D eigenvalue weighted by atomic mass is 9.69. The van der Waals surface area contributed by atoms with Gasteiger partial charge in [0, 0.05) is 11.8 Å². The van der Waals surface area contributed by atoms with Crippen molar-refractivity contribution < 1.29 is 28.2 Å². The van der Waals surface area contributed by atoms with E-state index in [0.717, 1.165) is 30.4 Å². The van der Waals surface area contributed by atoms with Gasteiger partial charge < -0.3 is 14.2 Å². The lowest BCUT2D eigenvalue weighted by molar-refractivity contribution is -0.140. The number of benzene rings is 1. The number of carbonyl (C=O) groups is 2. The van der Waals surface area contributed by atoms with Gasteiger partial charge >= 0.3 is 11.9 Å². The molecule has 1 aliphatic heterocycles. The first-order chi connectivity index (χ1) is 14.0. The summed E-state index contributed by atoms with van der Waals surface area (Å²) in [6.45, 7) is 0. The van der Waals surface area contributed by atoms with Crippen LogP contribution >= 0.6 is 0 Å². The molecule has 4 bridgehead atoms. The summed E-state index contributed by atoms with van der Waals surface area (Å²) in [7, 11) is 2.66. The quantitative estimate of drug-likeness (QED) is 0.580. The van der Waals surface area contributed by atoms with Crippen LogP contribution in [0.5, 0.6) is 0 Å². The van der Waals surface area contributed by atoms with Crippen LogP contribution in [0.4, 0.5) is 4.39 Å². The number of halogens is 1. The molecule has 4 fully saturated rings. The highest BCUT2D eigenvalue weighted by Crippen LogP contribution is 2.86. The van der Waals surface area contributed by atoms with Gasteiger partial charge in [-0.2, -0.15) is 0 Å². The Morgan fingerprint density at radius 3 is 2.00 bits per heavy atom. The van der Waals surface area contributed by atoms with E-state index in [1.54, 1.807) is 12.1 Å². The molecular weight excluding hydrogens is 375 g/mol. The van der Waals surface area contributed by atoms with Crippen LogP contribution < -0.4 is 0 Å². The van der Waals surface area contributed by atoms with E-state index in [9.17, 15) is 14.0 Å². The maximum atomic E-state index is 13.4. The predicted octanol–water partition coefficient (Wildman–Crippen LogP) is 3.05. The average molecular weight is 396 g/mol. The third kappa shape index (κ3) is 1.76. The van der Waals surface area contributed by atoms with E-state index in [-0.39, 0.29) is 17.7 Å². The molecule has 6 atom stereocenters. The molecule has 5 nitrogen and oxygen atoms in total. The Kier molecular flexibility index (Phi) is 3.22. The lowest BCUT2D eigenvalue weighted by Crippen LogP contribution is -2.42. The zero-order chi connectivity index (χ0) is 20.1. The fourth-order valence-electron chi connectivity index (χ4n) is 7.19. The lowest BCUT2D eigenvalue weighted by Gasteiger charge is -2.29. The molecule has 1 aromatic carbocycles. The summed E-state index contributed by atoms with van der Waals surface area (Å²) in [6.07, 6.45) is 5.25. The topological polar surface area (TPSA) is 65.1 Å². The summed E-state index contributed by atoms with van der Waals surface area (Å²) in [5.41, 5.74) is 1.80. The molecule has 0 radical (unpaired) electrons. The van der Waals surface area contributed by atoms with Crippen LogP contribution in [0.2, 0.25) is 0 Å². The highest BCUT2D eigenvalue weighted by Gasteiger charge is 2.94. The van der Waals surface area contributed by atoms with Crippen molar-refractivity contribution in [3.63, 3.8) is 0 Å². The van der Waals surface area contributed by atoms with Gasteiger partial charge in [-0.1, -0.05) is 18.2 Å². The minimum atomic E-state index is -0.496. The molecule has 0 aromatic heterocycles. The van der Waals surface area contributed by atoms with Crippen LogP contribution in [0.15, 0.2) is 41.0 Å². The van der Waals surface area contributed by atoms with Crippen molar-refractivity contribution in [2.24, 2.45) is 23.7 Å². The summed E-state index contributed by atoms with van der Waals surface area (Å²) in [5, 5.41) is 0. The van der Waals surface area contributed by atoms with Crippen LogP contribution in [0.1, 0.15) is 24.8 Å². The number of esters is 2. The van der Waals surface area contributed by atoms with Crippen molar-refractivity contribution in [3.05, 3.63) is 52.4 Å². The molecule has 1 aromatic rings. The first-order valence-electron chi connectivity index (χ1n) is 10.1. The van der Waals surface area contributed by atoms with Crippen molar-refractivity contribution in [3.8, 4) is 0 Å². The number of epoxide rings is 1. The van der Waals surface area contributed by atoms with E-state index in [2.05, 4.69) is 0 Å². The van der Waals surface area contributed by atoms with Gasteiger partial charge in [0.2, 0.25) is 0 Å². The molecule has 0 unspecified atom stereocenters. The highest BCUT2D eigenvalue weighted by atomic mass is 19.1. The van der Waals surface area contributed by atoms with Gasteiger partial charge in [-0.05, 0) is 54.4 Å². The molecule has 0 N–H and O–H groups in total. The van der Waals surface area contributed by atoms with E-state index in [0.29, 0.717) is 23.0 Å². The maximum absolute atomic E-state index is 13.4. The van der Waals surface area contributed by atoms with Crippen molar-refractivity contribution in [1.29, 1.82) is 0 Å². The van der Waals surface area contributed by atoms with E-state index in [1.807, 2.05) is 6.08 Å². The second-order valence-electron chi connectivity index (χ2n) is 8.77. The minimum Gasteiger partial charge on any atom is -0.466 e. The Balaban J connectivity index is 1.57. The fourth-order valence-corrected chi connectivity index (χ4v) is 7.19. The predicted molar refractivity (Wildman–Crippen MR) is 99.8 cm³/mol. The van der Waals surface area contributed by atoms with Crippen molar-refractivity contribution in [2.45, 2.75) is 30.5 Å². The largest absolute Gasteiger partial charge is 0.466 e. The molecule has 1 saturated heterocycles. The average Bonchev–Trinajstić information content (AvgIpc) is 3.03. The summed E-state index contributed by atoms with van der Waals surface area (Å²) in [6, 6.07) is 6.25. The van der Waals surface area contributed by atoms with Crippen LogP contribution in [0.3, 0.4) is 0 Å².